The van der Waals surface area contributed by atoms with Crippen LogP contribution in [0.4, 0.5) is 0 Å². The molecule has 1 aromatic rings. The number of hydrogen-bond acceptors (Lipinski definition) is 4. The molecule has 1 aromatic heterocycles. The smallest absolute Gasteiger partial charge is 0.309 e. The number of methoxy groups -OCH3 is 1. The lowest BCUT2D eigenvalue weighted by Crippen LogP contribution is -2.45. The molecule has 0 saturated carbocycles. The van der Waals surface area contributed by atoms with Crippen molar-refractivity contribution < 1.29 is 14.3 Å². The quantitative estimate of drug-likeness (QED) is 0.755. The van der Waals surface area contributed by atoms with Gasteiger partial charge in [0.1, 0.15) is 0 Å². The number of pyridine rings is 1. The van der Waals surface area contributed by atoms with Gasteiger partial charge in [-0.25, -0.2) is 0 Å². The number of rotatable bonds is 2. The zero-order chi connectivity index (χ0) is 13.8. The van der Waals surface area contributed by atoms with Crippen LogP contribution in [0.1, 0.15) is 23.7 Å². The van der Waals surface area contributed by atoms with E-state index in [4.69, 9.17) is 4.74 Å². The van der Waals surface area contributed by atoms with Crippen LogP contribution in [0.3, 0.4) is 0 Å². The molecular weight excluding hydrogens is 244 g/mol. The van der Waals surface area contributed by atoms with Crippen LogP contribution < -0.4 is 0 Å². The second-order valence-electron chi connectivity index (χ2n) is 4.89. The molecule has 2 atom stereocenters. The van der Waals surface area contributed by atoms with E-state index < -0.39 is 0 Å². The van der Waals surface area contributed by atoms with Crippen molar-refractivity contribution in [3.8, 4) is 0 Å². The highest BCUT2D eigenvalue weighted by atomic mass is 16.5. The number of carbonyl (C=O) groups excluding carboxylic acids is 2. The third-order valence-corrected chi connectivity index (χ3v) is 3.60. The molecule has 0 aromatic carbocycles. The minimum Gasteiger partial charge on any atom is -0.469 e. The first-order valence-corrected chi connectivity index (χ1v) is 6.40. The zero-order valence-electron chi connectivity index (χ0n) is 11.2. The van der Waals surface area contributed by atoms with Gasteiger partial charge in [-0.3, -0.25) is 14.6 Å². The topological polar surface area (TPSA) is 59.5 Å². The minimum atomic E-state index is -0.180. The van der Waals surface area contributed by atoms with Crippen molar-refractivity contribution in [1.29, 1.82) is 0 Å². The first kappa shape index (κ1) is 13.5. The molecule has 0 bridgehead atoms. The summed E-state index contributed by atoms with van der Waals surface area (Å²) in [4.78, 5) is 29.6. The lowest BCUT2D eigenvalue weighted by Gasteiger charge is -2.35. The van der Waals surface area contributed by atoms with Crippen LogP contribution in [0, 0.1) is 11.8 Å². The molecule has 102 valence electrons. The van der Waals surface area contributed by atoms with E-state index in [1.54, 1.807) is 29.4 Å². The van der Waals surface area contributed by atoms with Gasteiger partial charge in [0, 0.05) is 25.5 Å². The number of esters is 1. The maximum absolute atomic E-state index is 12.3. The summed E-state index contributed by atoms with van der Waals surface area (Å²) in [6.07, 6.45) is 3.86. The third-order valence-electron chi connectivity index (χ3n) is 3.60. The number of aromatic nitrogens is 1. The fourth-order valence-electron chi connectivity index (χ4n) is 2.50. The Bertz CT molecular complexity index is 461. The second kappa shape index (κ2) is 5.82. The number of likely N-dealkylation sites (tertiary alicyclic amines) is 1. The van der Waals surface area contributed by atoms with Crippen LogP contribution in [0.5, 0.6) is 0 Å². The molecule has 0 radical (unpaired) electrons. The minimum absolute atomic E-state index is 0.0248. The second-order valence-corrected chi connectivity index (χ2v) is 4.89. The zero-order valence-corrected chi connectivity index (χ0v) is 11.2. The predicted octanol–water partition coefficient (Wildman–Crippen LogP) is 1.35. The summed E-state index contributed by atoms with van der Waals surface area (Å²) < 4.78 is 4.79. The average molecular weight is 262 g/mol. The average Bonchev–Trinajstić information content (AvgIpc) is 2.46. The Morgan fingerprint density at radius 3 is 2.84 bits per heavy atom. The Morgan fingerprint density at radius 1 is 1.47 bits per heavy atom. The molecule has 5 nitrogen and oxygen atoms in total. The maximum atomic E-state index is 12.3. The fourth-order valence-corrected chi connectivity index (χ4v) is 2.50. The Balaban J connectivity index is 2.02. The van der Waals surface area contributed by atoms with Gasteiger partial charge in [0.05, 0.1) is 18.6 Å². The lowest BCUT2D eigenvalue weighted by molar-refractivity contribution is -0.148. The first-order valence-electron chi connectivity index (χ1n) is 6.40. The molecule has 0 aliphatic carbocycles. The SMILES string of the molecule is COC(=O)[C@@H]1CCN(C(=O)c2cccnc2)C[C@@H]1C. The molecule has 2 heterocycles. The van der Waals surface area contributed by atoms with E-state index in [1.807, 2.05) is 6.92 Å². The van der Waals surface area contributed by atoms with Crippen molar-refractivity contribution in [1.82, 2.24) is 9.88 Å². The van der Waals surface area contributed by atoms with E-state index in [2.05, 4.69) is 4.98 Å². The number of carbonyl (C=O) groups is 2. The van der Waals surface area contributed by atoms with Crippen molar-refractivity contribution in [2.75, 3.05) is 20.2 Å². The Morgan fingerprint density at radius 2 is 2.26 bits per heavy atom. The van der Waals surface area contributed by atoms with Gasteiger partial charge in [-0.1, -0.05) is 6.92 Å². The molecule has 1 saturated heterocycles. The summed E-state index contributed by atoms with van der Waals surface area (Å²) in [5, 5.41) is 0. The fraction of sp³-hybridized carbons (Fsp3) is 0.500. The van der Waals surface area contributed by atoms with E-state index in [-0.39, 0.29) is 23.7 Å². The van der Waals surface area contributed by atoms with Crippen molar-refractivity contribution in [2.45, 2.75) is 13.3 Å². The Hall–Kier alpha value is -1.91. The molecular formula is C14H18N2O3. The van der Waals surface area contributed by atoms with Crippen molar-refractivity contribution >= 4 is 11.9 Å². The summed E-state index contributed by atoms with van der Waals surface area (Å²) in [6, 6.07) is 3.50. The number of nitrogens with zero attached hydrogens (tertiary/aromatic N) is 2. The van der Waals surface area contributed by atoms with Crippen LogP contribution in [-0.2, 0) is 9.53 Å². The highest BCUT2D eigenvalue weighted by molar-refractivity contribution is 5.94. The molecule has 19 heavy (non-hydrogen) atoms. The largest absolute Gasteiger partial charge is 0.469 e. The van der Waals surface area contributed by atoms with Gasteiger partial charge in [-0.15, -0.1) is 0 Å². The molecule has 0 unspecified atom stereocenters. The summed E-state index contributed by atoms with van der Waals surface area (Å²) in [5.74, 6) is -0.200. The Kier molecular flexibility index (Phi) is 4.14. The van der Waals surface area contributed by atoms with Crippen molar-refractivity contribution in [3.63, 3.8) is 0 Å². The van der Waals surface area contributed by atoms with E-state index in [1.165, 1.54) is 7.11 Å². The summed E-state index contributed by atoms with van der Waals surface area (Å²) in [5.41, 5.74) is 0.589. The maximum Gasteiger partial charge on any atom is 0.309 e. The normalized spacial score (nSPS) is 22.9. The molecule has 5 heteroatoms. The Labute approximate surface area is 112 Å². The van der Waals surface area contributed by atoms with Gasteiger partial charge < -0.3 is 9.64 Å². The molecule has 1 fully saturated rings. The number of ether oxygens (including phenoxy) is 1. The first-order chi connectivity index (χ1) is 9.13. The summed E-state index contributed by atoms with van der Waals surface area (Å²) in [7, 11) is 1.40. The predicted molar refractivity (Wildman–Crippen MR) is 69.4 cm³/mol. The molecule has 2 rings (SSSR count). The van der Waals surface area contributed by atoms with Gasteiger partial charge in [-0.2, -0.15) is 0 Å². The van der Waals surface area contributed by atoms with Gasteiger partial charge in [-0.05, 0) is 24.5 Å². The van der Waals surface area contributed by atoms with Crippen LogP contribution in [-0.4, -0.2) is 42.0 Å². The molecule has 1 aliphatic rings. The number of hydrogen-bond donors (Lipinski definition) is 0. The van der Waals surface area contributed by atoms with E-state index >= 15 is 0 Å². The van der Waals surface area contributed by atoms with Crippen molar-refractivity contribution in [2.24, 2.45) is 11.8 Å². The van der Waals surface area contributed by atoms with E-state index in [0.717, 1.165) is 0 Å². The standard InChI is InChI=1S/C14H18N2O3/c1-10-9-16(7-5-12(10)14(18)19-2)13(17)11-4-3-6-15-8-11/h3-4,6,8,10,12H,5,7,9H2,1-2H3/t10-,12+/m0/s1. The van der Waals surface area contributed by atoms with Crippen LogP contribution in [0.25, 0.3) is 0 Å². The van der Waals surface area contributed by atoms with Gasteiger partial charge >= 0.3 is 5.97 Å². The molecule has 1 amide bonds. The number of piperidine rings is 1. The van der Waals surface area contributed by atoms with Gasteiger partial charge in [0.25, 0.3) is 5.91 Å². The van der Waals surface area contributed by atoms with Crippen molar-refractivity contribution in [3.05, 3.63) is 30.1 Å². The molecule has 1 aliphatic heterocycles. The highest BCUT2D eigenvalue weighted by Gasteiger charge is 2.33. The monoisotopic (exact) mass is 262 g/mol. The number of amides is 1. The summed E-state index contributed by atoms with van der Waals surface area (Å²) >= 11 is 0. The molecule has 0 spiro atoms. The van der Waals surface area contributed by atoms with Crippen LogP contribution in [0.15, 0.2) is 24.5 Å². The van der Waals surface area contributed by atoms with E-state index in [9.17, 15) is 9.59 Å². The lowest BCUT2D eigenvalue weighted by atomic mass is 9.87. The third kappa shape index (κ3) is 2.92. The molecule has 0 N–H and O–H groups in total. The van der Waals surface area contributed by atoms with Crippen LogP contribution >= 0.6 is 0 Å². The summed E-state index contributed by atoms with van der Waals surface area (Å²) in [6.45, 7) is 3.13. The van der Waals surface area contributed by atoms with Crippen LogP contribution in [0.2, 0.25) is 0 Å². The van der Waals surface area contributed by atoms with E-state index in [0.29, 0.717) is 25.1 Å². The van der Waals surface area contributed by atoms with Gasteiger partial charge in [0.15, 0.2) is 0 Å². The highest BCUT2D eigenvalue weighted by Crippen LogP contribution is 2.25. The van der Waals surface area contributed by atoms with Gasteiger partial charge in [0.2, 0.25) is 0 Å².